The van der Waals surface area contributed by atoms with E-state index in [0.717, 1.165) is 34.0 Å². The van der Waals surface area contributed by atoms with Crippen LogP contribution in [0.4, 0.5) is 5.69 Å². The van der Waals surface area contributed by atoms with Gasteiger partial charge in [0.2, 0.25) is 6.41 Å². The summed E-state index contributed by atoms with van der Waals surface area (Å²) in [5.74, 6) is 0. The smallest absolute Gasteiger partial charge is 0.211 e. The van der Waals surface area contributed by atoms with Gasteiger partial charge in [0, 0.05) is 0 Å². The van der Waals surface area contributed by atoms with Crippen LogP contribution >= 0.6 is 11.7 Å². The first-order valence-corrected chi connectivity index (χ1v) is 4.48. The van der Waals surface area contributed by atoms with E-state index in [1.807, 2.05) is 19.1 Å². The second kappa shape index (κ2) is 3.10. The molecular formula is C8H7N3OS. The Balaban J connectivity index is 2.72. The van der Waals surface area contributed by atoms with Crippen LogP contribution in [0, 0.1) is 6.92 Å². The Hall–Kier alpha value is -1.49. The van der Waals surface area contributed by atoms with Crippen LogP contribution in [-0.2, 0) is 4.79 Å². The van der Waals surface area contributed by atoms with Crippen molar-refractivity contribution in [2.24, 2.45) is 0 Å². The molecule has 0 aliphatic carbocycles. The Kier molecular flexibility index (Phi) is 1.94. The van der Waals surface area contributed by atoms with Gasteiger partial charge in [-0.25, -0.2) is 0 Å². The van der Waals surface area contributed by atoms with Gasteiger partial charge in [-0.3, -0.25) is 4.79 Å². The number of benzene rings is 1. The summed E-state index contributed by atoms with van der Waals surface area (Å²) >= 11 is 1.15. The first-order chi connectivity index (χ1) is 6.33. The lowest BCUT2D eigenvalue weighted by Crippen LogP contribution is -1.97. The number of nitrogens with zero attached hydrogens (tertiary/aromatic N) is 2. The van der Waals surface area contributed by atoms with Crippen LogP contribution in [0.25, 0.3) is 11.0 Å². The van der Waals surface area contributed by atoms with Gasteiger partial charge in [0.25, 0.3) is 0 Å². The minimum Gasteiger partial charge on any atom is -0.327 e. The van der Waals surface area contributed by atoms with Crippen molar-refractivity contribution >= 4 is 34.9 Å². The molecule has 1 aromatic carbocycles. The third kappa shape index (κ3) is 1.27. The summed E-state index contributed by atoms with van der Waals surface area (Å²) in [6.07, 6.45) is 0.654. The molecule has 1 aromatic heterocycles. The zero-order valence-corrected chi connectivity index (χ0v) is 7.76. The standard InChI is InChI=1S/C8H7N3OS/c1-5-2-3-6-8(11-13-10-6)7(5)9-4-12/h2-4H,1H3,(H,9,12). The van der Waals surface area contributed by atoms with Crippen LogP contribution in [0.1, 0.15) is 5.56 Å². The molecule has 5 heteroatoms. The van der Waals surface area contributed by atoms with E-state index in [0.29, 0.717) is 6.41 Å². The van der Waals surface area contributed by atoms with Crippen LogP contribution in [0.3, 0.4) is 0 Å². The molecule has 0 fully saturated rings. The highest BCUT2D eigenvalue weighted by Gasteiger charge is 2.06. The van der Waals surface area contributed by atoms with E-state index < -0.39 is 0 Å². The van der Waals surface area contributed by atoms with Crippen molar-refractivity contribution in [1.29, 1.82) is 0 Å². The molecule has 0 saturated carbocycles. The molecule has 4 nitrogen and oxygen atoms in total. The summed E-state index contributed by atoms with van der Waals surface area (Å²) in [5, 5.41) is 2.63. The van der Waals surface area contributed by atoms with Gasteiger partial charge in [0.05, 0.1) is 17.4 Å². The monoisotopic (exact) mass is 193 g/mol. The number of aryl methyl sites for hydroxylation is 1. The van der Waals surface area contributed by atoms with Crippen molar-refractivity contribution in [3.05, 3.63) is 17.7 Å². The van der Waals surface area contributed by atoms with Crippen molar-refractivity contribution in [1.82, 2.24) is 8.75 Å². The molecule has 2 aromatic rings. The van der Waals surface area contributed by atoms with Crippen molar-refractivity contribution in [2.75, 3.05) is 5.32 Å². The summed E-state index contributed by atoms with van der Waals surface area (Å²) in [5.41, 5.74) is 3.32. The lowest BCUT2D eigenvalue weighted by atomic mass is 10.2. The third-order valence-electron chi connectivity index (χ3n) is 1.84. The Morgan fingerprint density at radius 2 is 2.31 bits per heavy atom. The van der Waals surface area contributed by atoms with E-state index >= 15 is 0 Å². The maximum Gasteiger partial charge on any atom is 0.211 e. The molecule has 2 rings (SSSR count). The van der Waals surface area contributed by atoms with Crippen molar-refractivity contribution < 1.29 is 4.79 Å². The first kappa shape index (κ1) is 8.12. The minimum atomic E-state index is 0.654. The lowest BCUT2D eigenvalue weighted by Gasteiger charge is -2.02. The number of rotatable bonds is 2. The molecule has 66 valence electrons. The second-order valence-electron chi connectivity index (χ2n) is 2.65. The number of hydrogen-bond donors (Lipinski definition) is 1. The summed E-state index contributed by atoms with van der Waals surface area (Å²) in [4.78, 5) is 10.3. The predicted molar refractivity (Wildman–Crippen MR) is 51.8 cm³/mol. The summed E-state index contributed by atoms with van der Waals surface area (Å²) < 4.78 is 8.18. The van der Waals surface area contributed by atoms with Crippen molar-refractivity contribution in [3.63, 3.8) is 0 Å². The summed E-state index contributed by atoms with van der Waals surface area (Å²) in [6.45, 7) is 1.92. The Labute approximate surface area is 78.9 Å². The maximum absolute atomic E-state index is 10.3. The number of aromatic nitrogens is 2. The van der Waals surface area contributed by atoms with Crippen molar-refractivity contribution in [2.45, 2.75) is 6.92 Å². The van der Waals surface area contributed by atoms with Gasteiger partial charge in [-0.2, -0.15) is 8.75 Å². The molecular weight excluding hydrogens is 186 g/mol. The molecule has 0 saturated heterocycles. The second-order valence-corrected chi connectivity index (χ2v) is 3.18. The fraction of sp³-hybridized carbons (Fsp3) is 0.125. The summed E-state index contributed by atoms with van der Waals surface area (Å²) in [7, 11) is 0. The first-order valence-electron chi connectivity index (χ1n) is 3.75. The number of carbonyl (C=O) groups is 1. The number of carbonyl (C=O) groups excluding carboxylic acids is 1. The predicted octanol–water partition coefficient (Wildman–Crippen LogP) is 1.57. The molecule has 0 atom stereocenters. The number of fused-ring (bicyclic) bond motifs is 1. The zero-order valence-electron chi connectivity index (χ0n) is 6.94. The Bertz CT molecular complexity index is 452. The SMILES string of the molecule is Cc1ccc2nsnc2c1NC=O. The molecule has 1 N–H and O–H groups in total. The van der Waals surface area contributed by atoms with E-state index in [2.05, 4.69) is 14.1 Å². The van der Waals surface area contributed by atoms with E-state index in [-0.39, 0.29) is 0 Å². The van der Waals surface area contributed by atoms with Gasteiger partial charge in [-0.1, -0.05) is 6.07 Å². The van der Waals surface area contributed by atoms with Crippen LogP contribution < -0.4 is 5.32 Å². The molecule has 0 aliphatic rings. The van der Waals surface area contributed by atoms with E-state index in [1.54, 1.807) is 0 Å². The average Bonchev–Trinajstić information content (AvgIpc) is 2.58. The fourth-order valence-electron chi connectivity index (χ4n) is 1.19. The number of hydrogen-bond acceptors (Lipinski definition) is 4. The fourth-order valence-corrected chi connectivity index (χ4v) is 1.74. The average molecular weight is 193 g/mol. The molecule has 0 spiro atoms. The van der Waals surface area contributed by atoms with E-state index in [1.165, 1.54) is 0 Å². The molecule has 1 heterocycles. The van der Waals surface area contributed by atoms with Gasteiger partial charge in [0.1, 0.15) is 11.0 Å². The molecule has 13 heavy (non-hydrogen) atoms. The number of nitrogens with one attached hydrogen (secondary N) is 1. The Morgan fingerprint density at radius 3 is 3.08 bits per heavy atom. The van der Waals surface area contributed by atoms with Gasteiger partial charge in [-0.05, 0) is 18.6 Å². The van der Waals surface area contributed by atoms with Crippen LogP contribution in [0.5, 0.6) is 0 Å². The van der Waals surface area contributed by atoms with Gasteiger partial charge in [-0.15, -0.1) is 0 Å². The van der Waals surface area contributed by atoms with Gasteiger partial charge in [0.15, 0.2) is 0 Å². The topological polar surface area (TPSA) is 54.9 Å². The van der Waals surface area contributed by atoms with Gasteiger partial charge >= 0.3 is 0 Å². The molecule has 0 aliphatic heterocycles. The quantitative estimate of drug-likeness (QED) is 0.736. The Morgan fingerprint density at radius 1 is 1.46 bits per heavy atom. The van der Waals surface area contributed by atoms with Gasteiger partial charge < -0.3 is 5.32 Å². The van der Waals surface area contributed by atoms with E-state index in [9.17, 15) is 4.79 Å². The van der Waals surface area contributed by atoms with Crippen LogP contribution in [0.15, 0.2) is 12.1 Å². The molecule has 1 amide bonds. The summed E-state index contributed by atoms with van der Waals surface area (Å²) in [6, 6.07) is 3.81. The lowest BCUT2D eigenvalue weighted by molar-refractivity contribution is -0.105. The number of anilines is 1. The highest BCUT2D eigenvalue weighted by atomic mass is 32.1. The highest BCUT2D eigenvalue weighted by molar-refractivity contribution is 7.00. The normalized spacial score (nSPS) is 10.2. The highest BCUT2D eigenvalue weighted by Crippen LogP contribution is 2.24. The molecule has 0 bridgehead atoms. The largest absolute Gasteiger partial charge is 0.327 e. The molecule has 0 radical (unpaired) electrons. The van der Waals surface area contributed by atoms with Crippen molar-refractivity contribution in [3.8, 4) is 0 Å². The third-order valence-corrected chi connectivity index (χ3v) is 2.38. The maximum atomic E-state index is 10.3. The van der Waals surface area contributed by atoms with Crippen LogP contribution in [-0.4, -0.2) is 15.2 Å². The number of amides is 1. The van der Waals surface area contributed by atoms with Crippen LogP contribution in [0.2, 0.25) is 0 Å². The molecule has 0 unspecified atom stereocenters. The van der Waals surface area contributed by atoms with E-state index in [4.69, 9.17) is 0 Å². The minimum absolute atomic E-state index is 0.654. The zero-order chi connectivity index (χ0) is 9.26.